The Bertz CT molecular complexity index is 636. The number of phenolic OH excluding ortho intramolecular Hbond substituents is 1. The van der Waals surface area contributed by atoms with Gasteiger partial charge in [-0.25, -0.2) is 0 Å². The Kier molecular flexibility index (Phi) is 6.68. The lowest BCUT2D eigenvalue weighted by Gasteiger charge is -2.37. The van der Waals surface area contributed by atoms with E-state index in [1.807, 2.05) is 24.0 Å². The fraction of sp³-hybridized carbons (Fsp3) is 0.650. The van der Waals surface area contributed by atoms with Crippen molar-refractivity contribution < 1.29 is 9.90 Å². The second-order valence-electron chi connectivity index (χ2n) is 7.96. The van der Waals surface area contributed by atoms with Crippen molar-refractivity contribution in [3.63, 3.8) is 0 Å². The van der Waals surface area contributed by atoms with E-state index in [4.69, 9.17) is 0 Å². The molecule has 1 N–H and O–H groups in total. The van der Waals surface area contributed by atoms with Gasteiger partial charge in [0.05, 0.1) is 8.95 Å². The number of piperidine rings is 1. The Labute approximate surface area is 173 Å². The molecule has 144 valence electrons. The van der Waals surface area contributed by atoms with Gasteiger partial charge in [-0.05, 0) is 87.7 Å². The Hall–Kier alpha value is -0.590. The quantitative estimate of drug-likeness (QED) is 0.683. The second-order valence-corrected chi connectivity index (χ2v) is 9.67. The van der Waals surface area contributed by atoms with Gasteiger partial charge in [0.2, 0.25) is 5.91 Å². The maximum atomic E-state index is 12.9. The third-order valence-electron chi connectivity index (χ3n) is 5.79. The molecular weight excluding hydrogens is 460 g/mol. The summed E-state index contributed by atoms with van der Waals surface area (Å²) in [4.78, 5) is 17.5. The van der Waals surface area contributed by atoms with Crippen LogP contribution in [0.4, 0.5) is 0 Å². The summed E-state index contributed by atoms with van der Waals surface area (Å²) in [6, 6.07) is 4.44. The van der Waals surface area contributed by atoms with Crippen LogP contribution in [0.15, 0.2) is 21.1 Å². The van der Waals surface area contributed by atoms with Crippen molar-refractivity contribution >= 4 is 37.8 Å². The van der Waals surface area contributed by atoms with E-state index in [1.54, 1.807) is 0 Å². The molecule has 4 nitrogen and oxygen atoms in total. The fourth-order valence-corrected chi connectivity index (χ4v) is 5.52. The monoisotopic (exact) mass is 486 g/mol. The summed E-state index contributed by atoms with van der Waals surface area (Å²) >= 11 is 6.73. The molecule has 0 radical (unpaired) electrons. The lowest BCUT2D eigenvalue weighted by Crippen LogP contribution is -2.47. The zero-order valence-corrected chi connectivity index (χ0v) is 18.7. The van der Waals surface area contributed by atoms with E-state index < -0.39 is 0 Å². The third-order valence-corrected chi connectivity index (χ3v) is 7.00. The molecule has 0 unspecified atom stereocenters. The van der Waals surface area contributed by atoms with E-state index in [2.05, 4.69) is 43.7 Å². The lowest BCUT2D eigenvalue weighted by molar-refractivity contribution is -0.136. The number of benzene rings is 1. The van der Waals surface area contributed by atoms with Crippen LogP contribution in [0.2, 0.25) is 0 Å². The van der Waals surface area contributed by atoms with Crippen LogP contribution in [0.1, 0.15) is 38.7 Å². The first-order valence-electron chi connectivity index (χ1n) is 9.55. The summed E-state index contributed by atoms with van der Waals surface area (Å²) in [5.41, 5.74) is 1.04. The minimum absolute atomic E-state index is 0.0540. The highest BCUT2D eigenvalue weighted by Crippen LogP contribution is 2.34. The number of carbonyl (C=O) groups excluding carboxylic acids is 1. The summed E-state index contributed by atoms with van der Waals surface area (Å²) in [6.45, 7) is 8.54. The van der Waals surface area contributed by atoms with Crippen LogP contribution < -0.4 is 0 Å². The molecule has 0 saturated carbocycles. The standard InChI is InChI=1S/C20H28Br2N2O2/c1-13-3-6-24(12-13)16-4-7-23(8-5-16)20(26)14(2)9-15-10-17(21)19(25)18(22)11-15/h10-11,13-14,16,25H,3-9,12H2,1-2H3/t13-,14-/m1/s1. The van der Waals surface area contributed by atoms with Gasteiger partial charge in [0, 0.05) is 31.6 Å². The number of aromatic hydroxyl groups is 1. The summed E-state index contributed by atoms with van der Waals surface area (Å²) in [7, 11) is 0. The molecule has 2 aliphatic heterocycles. The van der Waals surface area contributed by atoms with Gasteiger partial charge in [0.1, 0.15) is 5.75 Å². The molecule has 2 saturated heterocycles. The van der Waals surface area contributed by atoms with Crippen LogP contribution in [-0.4, -0.2) is 53.0 Å². The SMILES string of the molecule is C[C@@H]1CCN(C2CCN(C(=O)[C@H](C)Cc3cc(Br)c(O)c(Br)c3)CC2)C1. The van der Waals surface area contributed by atoms with E-state index in [0.29, 0.717) is 21.4 Å². The van der Waals surface area contributed by atoms with Gasteiger partial charge >= 0.3 is 0 Å². The topological polar surface area (TPSA) is 43.8 Å². The van der Waals surface area contributed by atoms with E-state index in [0.717, 1.165) is 37.4 Å². The van der Waals surface area contributed by atoms with E-state index in [-0.39, 0.29) is 17.6 Å². The number of nitrogens with zero attached hydrogens (tertiary/aromatic N) is 2. The van der Waals surface area contributed by atoms with Crippen LogP contribution in [0.3, 0.4) is 0 Å². The normalized spacial score (nSPS) is 23.4. The fourth-order valence-electron chi connectivity index (χ4n) is 4.24. The van der Waals surface area contributed by atoms with Crippen molar-refractivity contribution in [3.05, 3.63) is 26.6 Å². The number of halogens is 2. The zero-order valence-electron chi connectivity index (χ0n) is 15.5. The van der Waals surface area contributed by atoms with Crippen molar-refractivity contribution in [2.75, 3.05) is 26.2 Å². The predicted molar refractivity (Wildman–Crippen MR) is 111 cm³/mol. The highest BCUT2D eigenvalue weighted by atomic mass is 79.9. The predicted octanol–water partition coefficient (Wildman–Crippen LogP) is 4.43. The van der Waals surface area contributed by atoms with E-state index in [9.17, 15) is 9.90 Å². The first-order chi connectivity index (χ1) is 12.3. The maximum absolute atomic E-state index is 12.9. The Morgan fingerprint density at radius 2 is 1.81 bits per heavy atom. The van der Waals surface area contributed by atoms with Gasteiger partial charge in [0.15, 0.2) is 0 Å². The van der Waals surface area contributed by atoms with Crippen molar-refractivity contribution in [1.29, 1.82) is 0 Å². The van der Waals surface area contributed by atoms with Gasteiger partial charge in [-0.15, -0.1) is 0 Å². The van der Waals surface area contributed by atoms with Crippen LogP contribution >= 0.6 is 31.9 Å². The number of carbonyl (C=O) groups is 1. The summed E-state index contributed by atoms with van der Waals surface area (Å²) in [6.07, 6.45) is 4.19. The Morgan fingerprint density at radius 1 is 1.19 bits per heavy atom. The molecule has 0 bridgehead atoms. The third kappa shape index (κ3) is 4.63. The van der Waals surface area contributed by atoms with Crippen molar-refractivity contribution in [2.45, 2.75) is 45.6 Å². The van der Waals surface area contributed by atoms with Crippen LogP contribution in [0.5, 0.6) is 5.75 Å². The summed E-state index contributed by atoms with van der Waals surface area (Å²) in [5, 5.41) is 9.84. The zero-order chi connectivity index (χ0) is 18.8. The van der Waals surface area contributed by atoms with Crippen molar-refractivity contribution in [2.24, 2.45) is 11.8 Å². The molecule has 2 heterocycles. The minimum Gasteiger partial charge on any atom is -0.506 e. The molecule has 0 aromatic heterocycles. The number of rotatable bonds is 4. The second kappa shape index (κ2) is 8.61. The first kappa shape index (κ1) is 20.2. The smallest absolute Gasteiger partial charge is 0.225 e. The molecular formula is C20H28Br2N2O2. The number of likely N-dealkylation sites (tertiary alicyclic amines) is 2. The first-order valence-corrected chi connectivity index (χ1v) is 11.1. The van der Waals surface area contributed by atoms with Gasteiger partial charge in [-0.1, -0.05) is 13.8 Å². The minimum atomic E-state index is -0.0540. The van der Waals surface area contributed by atoms with Gasteiger partial charge in [0.25, 0.3) is 0 Å². The molecule has 0 aliphatic carbocycles. The van der Waals surface area contributed by atoms with Crippen molar-refractivity contribution in [3.8, 4) is 5.75 Å². The van der Waals surface area contributed by atoms with Gasteiger partial charge in [-0.3, -0.25) is 9.69 Å². The molecule has 1 aromatic rings. The number of hydrogen-bond acceptors (Lipinski definition) is 3. The molecule has 0 spiro atoms. The average molecular weight is 488 g/mol. The highest BCUT2D eigenvalue weighted by Gasteiger charge is 2.31. The highest BCUT2D eigenvalue weighted by molar-refractivity contribution is 9.11. The van der Waals surface area contributed by atoms with Crippen LogP contribution in [-0.2, 0) is 11.2 Å². The average Bonchev–Trinajstić information content (AvgIpc) is 3.05. The molecule has 1 amide bonds. The van der Waals surface area contributed by atoms with E-state index >= 15 is 0 Å². The molecule has 3 rings (SSSR count). The molecule has 26 heavy (non-hydrogen) atoms. The number of phenols is 1. The molecule has 1 aromatic carbocycles. The van der Waals surface area contributed by atoms with Gasteiger partial charge in [-0.2, -0.15) is 0 Å². The number of hydrogen-bond donors (Lipinski definition) is 1. The van der Waals surface area contributed by atoms with Gasteiger partial charge < -0.3 is 10.0 Å². The maximum Gasteiger partial charge on any atom is 0.225 e. The Balaban J connectivity index is 1.53. The number of amides is 1. The van der Waals surface area contributed by atoms with Crippen LogP contribution in [0.25, 0.3) is 0 Å². The Morgan fingerprint density at radius 3 is 2.35 bits per heavy atom. The molecule has 2 atom stereocenters. The summed E-state index contributed by atoms with van der Waals surface area (Å²) in [5.74, 6) is 1.21. The molecule has 2 aliphatic rings. The lowest BCUT2D eigenvalue weighted by atomic mass is 9.97. The van der Waals surface area contributed by atoms with Crippen LogP contribution in [0, 0.1) is 11.8 Å². The molecule has 2 fully saturated rings. The largest absolute Gasteiger partial charge is 0.506 e. The van der Waals surface area contributed by atoms with E-state index in [1.165, 1.54) is 19.5 Å². The molecule has 6 heteroatoms. The van der Waals surface area contributed by atoms with Crippen molar-refractivity contribution in [1.82, 2.24) is 9.80 Å². The summed E-state index contributed by atoms with van der Waals surface area (Å²) < 4.78 is 1.31.